The van der Waals surface area contributed by atoms with E-state index in [1.54, 1.807) is 18.2 Å². The SMILES string of the molecule is O=C(O)c1ccc(SCc2ccc(F)c(Br)c2)o1. The maximum absolute atomic E-state index is 13.0. The third kappa shape index (κ3) is 3.14. The zero-order chi connectivity index (χ0) is 13.1. The molecule has 2 rings (SSSR count). The van der Waals surface area contributed by atoms with Crippen molar-refractivity contribution >= 4 is 33.7 Å². The summed E-state index contributed by atoms with van der Waals surface area (Å²) in [6.07, 6.45) is 0. The lowest BCUT2D eigenvalue weighted by Crippen LogP contribution is -1.91. The van der Waals surface area contributed by atoms with Gasteiger partial charge in [-0.05, 0) is 45.8 Å². The van der Waals surface area contributed by atoms with Crippen LogP contribution in [0.15, 0.2) is 44.3 Å². The fraction of sp³-hybridized carbons (Fsp3) is 0.0833. The topological polar surface area (TPSA) is 50.4 Å². The Labute approximate surface area is 115 Å². The van der Waals surface area contributed by atoms with Gasteiger partial charge in [-0.2, -0.15) is 0 Å². The molecule has 2 aromatic rings. The molecule has 0 aliphatic rings. The predicted molar refractivity (Wildman–Crippen MR) is 69.3 cm³/mol. The van der Waals surface area contributed by atoms with Gasteiger partial charge in [-0.25, -0.2) is 9.18 Å². The summed E-state index contributed by atoms with van der Waals surface area (Å²) in [4.78, 5) is 10.6. The van der Waals surface area contributed by atoms with E-state index in [1.807, 2.05) is 0 Å². The minimum atomic E-state index is -1.09. The summed E-state index contributed by atoms with van der Waals surface area (Å²) in [5.74, 6) is -0.912. The molecular weight excluding hydrogens is 323 g/mol. The molecule has 0 bridgehead atoms. The number of aromatic carboxylic acids is 1. The Bertz CT molecular complexity index is 582. The Morgan fingerprint density at radius 1 is 1.39 bits per heavy atom. The first-order valence-corrected chi connectivity index (χ1v) is 6.74. The van der Waals surface area contributed by atoms with Gasteiger partial charge in [0.1, 0.15) is 5.82 Å². The van der Waals surface area contributed by atoms with Crippen LogP contribution in [0.5, 0.6) is 0 Å². The van der Waals surface area contributed by atoms with E-state index in [1.165, 1.54) is 23.9 Å². The van der Waals surface area contributed by atoms with Crippen LogP contribution < -0.4 is 0 Å². The second-order valence-electron chi connectivity index (χ2n) is 3.46. The van der Waals surface area contributed by atoms with E-state index in [2.05, 4.69) is 15.9 Å². The smallest absolute Gasteiger partial charge is 0.371 e. The van der Waals surface area contributed by atoms with E-state index in [9.17, 15) is 9.18 Å². The number of carboxylic acids is 1. The summed E-state index contributed by atoms with van der Waals surface area (Å²) in [6, 6.07) is 7.75. The highest BCUT2D eigenvalue weighted by Crippen LogP contribution is 2.26. The lowest BCUT2D eigenvalue weighted by atomic mass is 10.2. The van der Waals surface area contributed by atoms with Gasteiger partial charge in [0.2, 0.25) is 5.76 Å². The Morgan fingerprint density at radius 2 is 2.17 bits per heavy atom. The molecular formula is C12H8BrFO3S. The van der Waals surface area contributed by atoms with Crippen LogP contribution in [0, 0.1) is 5.82 Å². The quantitative estimate of drug-likeness (QED) is 0.854. The number of hydrogen-bond acceptors (Lipinski definition) is 3. The maximum Gasteiger partial charge on any atom is 0.371 e. The number of halogens is 2. The molecule has 1 aromatic heterocycles. The van der Waals surface area contributed by atoms with Crippen LogP contribution in [0.3, 0.4) is 0 Å². The summed E-state index contributed by atoms with van der Waals surface area (Å²) in [5.41, 5.74) is 0.918. The van der Waals surface area contributed by atoms with Crippen LogP contribution in [-0.2, 0) is 5.75 Å². The Morgan fingerprint density at radius 3 is 2.78 bits per heavy atom. The molecule has 0 saturated heterocycles. The van der Waals surface area contributed by atoms with Crippen molar-refractivity contribution in [2.45, 2.75) is 10.8 Å². The maximum atomic E-state index is 13.0. The van der Waals surface area contributed by atoms with E-state index in [4.69, 9.17) is 9.52 Å². The van der Waals surface area contributed by atoms with Crippen molar-refractivity contribution in [1.82, 2.24) is 0 Å². The predicted octanol–water partition coefficient (Wildman–Crippen LogP) is 4.17. The molecule has 0 aliphatic carbocycles. The van der Waals surface area contributed by atoms with Crippen LogP contribution in [0.25, 0.3) is 0 Å². The first-order valence-electron chi connectivity index (χ1n) is 4.96. The van der Waals surface area contributed by atoms with Gasteiger partial charge in [0.05, 0.1) is 4.47 Å². The fourth-order valence-electron chi connectivity index (χ4n) is 1.30. The van der Waals surface area contributed by atoms with E-state index < -0.39 is 5.97 Å². The van der Waals surface area contributed by atoms with E-state index >= 15 is 0 Å². The molecule has 0 radical (unpaired) electrons. The minimum absolute atomic E-state index is 0.0854. The van der Waals surface area contributed by atoms with Crippen molar-refractivity contribution < 1.29 is 18.7 Å². The van der Waals surface area contributed by atoms with Crippen molar-refractivity contribution in [2.24, 2.45) is 0 Å². The fourth-order valence-corrected chi connectivity index (χ4v) is 2.52. The molecule has 1 aromatic carbocycles. The molecule has 6 heteroatoms. The molecule has 0 fully saturated rings. The second-order valence-corrected chi connectivity index (χ2v) is 5.30. The van der Waals surface area contributed by atoms with E-state index in [0.29, 0.717) is 15.3 Å². The van der Waals surface area contributed by atoms with Gasteiger partial charge in [-0.15, -0.1) is 0 Å². The standard InChI is InChI=1S/C12H8BrFO3S/c13-8-5-7(1-2-9(8)14)6-18-11-4-3-10(17-11)12(15)16/h1-5H,6H2,(H,15,16). The van der Waals surface area contributed by atoms with Crippen molar-refractivity contribution in [1.29, 1.82) is 0 Å². The van der Waals surface area contributed by atoms with E-state index in [-0.39, 0.29) is 11.6 Å². The average Bonchev–Trinajstić information content (AvgIpc) is 2.79. The van der Waals surface area contributed by atoms with Crippen LogP contribution in [0.4, 0.5) is 4.39 Å². The lowest BCUT2D eigenvalue weighted by Gasteiger charge is -2.01. The summed E-state index contributed by atoms with van der Waals surface area (Å²) in [5, 5.41) is 9.22. The summed E-state index contributed by atoms with van der Waals surface area (Å²) >= 11 is 4.46. The number of hydrogen-bond donors (Lipinski definition) is 1. The molecule has 1 heterocycles. The van der Waals surface area contributed by atoms with Crippen molar-refractivity contribution in [2.75, 3.05) is 0 Å². The molecule has 0 spiro atoms. The zero-order valence-corrected chi connectivity index (χ0v) is 11.4. The highest BCUT2D eigenvalue weighted by atomic mass is 79.9. The normalized spacial score (nSPS) is 10.6. The largest absolute Gasteiger partial charge is 0.475 e. The van der Waals surface area contributed by atoms with Gasteiger partial charge in [-0.1, -0.05) is 17.8 Å². The van der Waals surface area contributed by atoms with Crippen LogP contribution in [0.1, 0.15) is 16.1 Å². The molecule has 0 atom stereocenters. The van der Waals surface area contributed by atoms with Crippen molar-refractivity contribution in [3.05, 3.63) is 51.9 Å². The summed E-state index contributed by atoms with van der Waals surface area (Å²) in [7, 11) is 0. The van der Waals surface area contributed by atoms with Gasteiger partial charge in [0.25, 0.3) is 0 Å². The van der Waals surface area contributed by atoms with Gasteiger partial charge in [0.15, 0.2) is 5.09 Å². The Balaban J connectivity index is 2.02. The molecule has 94 valence electrons. The molecule has 0 unspecified atom stereocenters. The molecule has 18 heavy (non-hydrogen) atoms. The average molecular weight is 331 g/mol. The van der Waals surface area contributed by atoms with Crippen molar-refractivity contribution in [3.63, 3.8) is 0 Å². The highest BCUT2D eigenvalue weighted by molar-refractivity contribution is 9.10. The minimum Gasteiger partial charge on any atom is -0.475 e. The molecule has 1 N–H and O–H groups in total. The molecule has 3 nitrogen and oxygen atoms in total. The highest BCUT2D eigenvalue weighted by Gasteiger charge is 2.09. The number of carboxylic acid groups (broad SMARTS) is 1. The monoisotopic (exact) mass is 330 g/mol. The first-order chi connectivity index (χ1) is 8.56. The van der Waals surface area contributed by atoms with Crippen LogP contribution >= 0.6 is 27.7 Å². The van der Waals surface area contributed by atoms with Gasteiger partial charge >= 0.3 is 5.97 Å². The number of thioether (sulfide) groups is 1. The number of carbonyl (C=O) groups is 1. The van der Waals surface area contributed by atoms with Gasteiger partial charge < -0.3 is 9.52 Å². The molecule has 0 aliphatic heterocycles. The number of benzene rings is 1. The zero-order valence-electron chi connectivity index (χ0n) is 9.02. The van der Waals surface area contributed by atoms with Gasteiger partial charge in [0, 0.05) is 5.75 Å². The third-order valence-corrected chi connectivity index (χ3v) is 3.75. The Hall–Kier alpha value is -1.27. The van der Waals surface area contributed by atoms with Crippen LogP contribution in [0.2, 0.25) is 0 Å². The van der Waals surface area contributed by atoms with Crippen LogP contribution in [-0.4, -0.2) is 11.1 Å². The van der Waals surface area contributed by atoms with E-state index in [0.717, 1.165) is 5.56 Å². The molecule has 0 saturated carbocycles. The summed E-state index contributed by atoms with van der Waals surface area (Å²) < 4.78 is 18.5. The Kier molecular flexibility index (Phi) is 4.08. The summed E-state index contributed by atoms with van der Waals surface area (Å²) in [6.45, 7) is 0. The first kappa shape index (κ1) is 13.2. The number of furan rings is 1. The molecule has 0 amide bonds. The van der Waals surface area contributed by atoms with Gasteiger partial charge in [-0.3, -0.25) is 0 Å². The third-order valence-electron chi connectivity index (χ3n) is 2.16. The second kappa shape index (κ2) is 5.58. The number of rotatable bonds is 4. The lowest BCUT2D eigenvalue weighted by molar-refractivity contribution is 0.0656. The van der Waals surface area contributed by atoms with Crippen molar-refractivity contribution in [3.8, 4) is 0 Å².